The first-order valence-electron chi connectivity index (χ1n) is 6.22. The lowest BCUT2D eigenvalue weighted by Crippen LogP contribution is -2.66. The molecule has 2 rings (SSSR count). The Balaban J connectivity index is 2.10. The van der Waals surface area contributed by atoms with Gasteiger partial charge in [-0.1, -0.05) is 13.8 Å². The summed E-state index contributed by atoms with van der Waals surface area (Å²) < 4.78 is 18.7. The summed E-state index contributed by atoms with van der Waals surface area (Å²) in [5.41, 5.74) is -0.842. The van der Waals surface area contributed by atoms with Crippen LogP contribution in [0.2, 0.25) is 0 Å². The maximum atomic E-state index is 13.8. The molecule has 1 aromatic carbocycles. The van der Waals surface area contributed by atoms with Crippen LogP contribution in [-0.4, -0.2) is 41.7 Å². The molecular weight excluding hydrogens is 249 g/mol. The number of hydrogen-bond acceptors (Lipinski definition) is 3. The zero-order valence-corrected chi connectivity index (χ0v) is 11.3. The van der Waals surface area contributed by atoms with Crippen molar-refractivity contribution in [3.8, 4) is 5.75 Å². The van der Waals surface area contributed by atoms with Crippen LogP contribution in [0, 0.1) is 11.7 Å². The molecule has 1 N–H and O–H groups in total. The molecule has 1 fully saturated rings. The van der Waals surface area contributed by atoms with Gasteiger partial charge in [-0.3, -0.25) is 4.79 Å². The topological polar surface area (TPSA) is 49.8 Å². The highest BCUT2D eigenvalue weighted by atomic mass is 19.1. The van der Waals surface area contributed by atoms with Crippen molar-refractivity contribution in [3.63, 3.8) is 0 Å². The summed E-state index contributed by atoms with van der Waals surface area (Å²) >= 11 is 0. The summed E-state index contributed by atoms with van der Waals surface area (Å²) in [6.07, 6.45) is 0. The highest BCUT2D eigenvalue weighted by molar-refractivity contribution is 5.95. The Bertz CT molecular complexity index is 495. The van der Waals surface area contributed by atoms with Crippen LogP contribution in [0.3, 0.4) is 0 Å². The Hall–Kier alpha value is -1.62. The van der Waals surface area contributed by atoms with Gasteiger partial charge in [0, 0.05) is 6.07 Å². The third-order valence-electron chi connectivity index (χ3n) is 3.70. The van der Waals surface area contributed by atoms with Crippen LogP contribution in [0.15, 0.2) is 18.2 Å². The van der Waals surface area contributed by atoms with Gasteiger partial charge in [0.2, 0.25) is 0 Å². The zero-order valence-electron chi connectivity index (χ0n) is 11.3. The lowest BCUT2D eigenvalue weighted by atomic mass is 9.82. The van der Waals surface area contributed by atoms with Crippen LogP contribution in [0.1, 0.15) is 24.2 Å². The van der Waals surface area contributed by atoms with E-state index in [4.69, 9.17) is 4.74 Å². The van der Waals surface area contributed by atoms with E-state index in [9.17, 15) is 14.3 Å². The fourth-order valence-electron chi connectivity index (χ4n) is 2.09. The maximum absolute atomic E-state index is 13.8. The molecule has 0 aromatic heterocycles. The number of likely N-dealkylation sites (tertiary alicyclic amines) is 1. The minimum atomic E-state index is -0.849. The lowest BCUT2D eigenvalue weighted by molar-refractivity contribution is -0.111. The summed E-state index contributed by atoms with van der Waals surface area (Å²) in [7, 11) is 1.44. The number of carbonyl (C=O) groups is 1. The van der Waals surface area contributed by atoms with E-state index in [1.165, 1.54) is 24.1 Å². The molecule has 0 bridgehead atoms. The van der Waals surface area contributed by atoms with E-state index in [-0.39, 0.29) is 24.6 Å². The average Bonchev–Trinajstić information content (AvgIpc) is 2.33. The molecule has 5 heteroatoms. The van der Waals surface area contributed by atoms with Crippen LogP contribution in [0.5, 0.6) is 5.75 Å². The minimum Gasteiger partial charge on any atom is -0.497 e. The van der Waals surface area contributed by atoms with Gasteiger partial charge in [0.25, 0.3) is 5.91 Å². The third kappa shape index (κ3) is 2.42. The molecule has 1 aliphatic heterocycles. The number of aliphatic hydroxyl groups is 1. The molecule has 4 nitrogen and oxygen atoms in total. The number of methoxy groups -OCH3 is 1. The molecule has 1 heterocycles. The second-order valence-corrected chi connectivity index (χ2v) is 5.27. The quantitative estimate of drug-likeness (QED) is 0.906. The fourth-order valence-corrected chi connectivity index (χ4v) is 2.09. The molecule has 0 radical (unpaired) electrons. The first-order chi connectivity index (χ1) is 8.87. The molecule has 1 aromatic rings. The van der Waals surface area contributed by atoms with Crippen molar-refractivity contribution in [2.24, 2.45) is 5.92 Å². The third-order valence-corrected chi connectivity index (χ3v) is 3.70. The summed E-state index contributed by atoms with van der Waals surface area (Å²) in [5, 5.41) is 10.1. The Kier molecular flexibility index (Phi) is 3.49. The molecular formula is C14H18FNO3. The maximum Gasteiger partial charge on any atom is 0.257 e. The largest absolute Gasteiger partial charge is 0.497 e. The van der Waals surface area contributed by atoms with Gasteiger partial charge >= 0.3 is 0 Å². The molecule has 0 atom stereocenters. The average molecular weight is 267 g/mol. The Labute approximate surface area is 111 Å². The molecule has 0 aliphatic carbocycles. The van der Waals surface area contributed by atoms with Crippen LogP contribution in [0.25, 0.3) is 0 Å². The van der Waals surface area contributed by atoms with Gasteiger partial charge in [0.15, 0.2) is 0 Å². The van der Waals surface area contributed by atoms with Crippen LogP contribution in [0.4, 0.5) is 4.39 Å². The SMILES string of the molecule is COc1ccc(C(=O)N2CC(O)(C(C)C)C2)c(F)c1. The molecule has 0 spiro atoms. The number of carbonyl (C=O) groups excluding carboxylic acids is 1. The van der Waals surface area contributed by atoms with Gasteiger partial charge in [-0.2, -0.15) is 0 Å². The molecule has 0 unspecified atom stereocenters. The number of hydrogen-bond donors (Lipinski definition) is 1. The predicted molar refractivity (Wildman–Crippen MR) is 68.6 cm³/mol. The Morgan fingerprint density at radius 2 is 2.11 bits per heavy atom. The smallest absolute Gasteiger partial charge is 0.257 e. The highest BCUT2D eigenvalue weighted by Gasteiger charge is 2.46. The number of benzene rings is 1. The van der Waals surface area contributed by atoms with Gasteiger partial charge in [-0.05, 0) is 18.1 Å². The van der Waals surface area contributed by atoms with Gasteiger partial charge in [-0.15, -0.1) is 0 Å². The number of nitrogens with zero attached hydrogens (tertiary/aromatic N) is 1. The van der Waals surface area contributed by atoms with E-state index in [1.54, 1.807) is 6.07 Å². The van der Waals surface area contributed by atoms with E-state index in [1.807, 2.05) is 13.8 Å². The fraction of sp³-hybridized carbons (Fsp3) is 0.500. The summed E-state index contributed by atoms with van der Waals surface area (Å²) in [5.74, 6) is -0.566. The molecule has 19 heavy (non-hydrogen) atoms. The number of β-amino-alcohol motifs (C(OH)–C–C–N with tert-alkyl or cyclic N) is 1. The van der Waals surface area contributed by atoms with Crippen LogP contribution >= 0.6 is 0 Å². The van der Waals surface area contributed by atoms with Gasteiger partial charge in [0.1, 0.15) is 17.2 Å². The predicted octanol–water partition coefficient (Wildman–Crippen LogP) is 1.68. The number of rotatable bonds is 3. The van der Waals surface area contributed by atoms with Crippen molar-refractivity contribution in [3.05, 3.63) is 29.6 Å². The number of ether oxygens (including phenoxy) is 1. The van der Waals surface area contributed by atoms with Crippen molar-refractivity contribution in [1.29, 1.82) is 0 Å². The molecule has 1 saturated heterocycles. The van der Waals surface area contributed by atoms with Crippen LogP contribution in [-0.2, 0) is 0 Å². The van der Waals surface area contributed by atoms with E-state index in [2.05, 4.69) is 0 Å². The monoisotopic (exact) mass is 267 g/mol. The van der Waals surface area contributed by atoms with E-state index in [0.29, 0.717) is 5.75 Å². The van der Waals surface area contributed by atoms with Gasteiger partial charge < -0.3 is 14.7 Å². The first-order valence-corrected chi connectivity index (χ1v) is 6.22. The highest BCUT2D eigenvalue weighted by Crippen LogP contribution is 2.30. The van der Waals surface area contributed by atoms with E-state index in [0.717, 1.165) is 0 Å². The van der Waals surface area contributed by atoms with Crippen molar-refractivity contribution < 1.29 is 19.0 Å². The Morgan fingerprint density at radius 1 is 1.47 bits per heavy atom. The first kappa shape index (κ1) is 13.8. The molecule has 0 saturated carbocycles. The van der Waals surface area contributed by atoms with Crippen LogP contribution < -0.4 is 4.74 Å². The number of halogens is 1. The van der Waals surface area contributed by atoms with Crippen molar-refractivity contribution >= 4 is 5.91 Å². The van der Waals surface area contributed by atoms with Gasteiger partial charge in [0.05, 0.1) is 25.8 Å². The Morgan fingerprint density at radius 3 is 2.58 bits per heavy atom. The normalized spacial score (nSPS) is 17.3. The summed E-state index contributed by atoms with van der Waals surface area (Å²) in [4.78, 5) is 13.5. The standard InChI is InChI=1S/C14H18FNO3/c1-9(2)14(18)7-16(8-14)13(17)11-5-4-10(19-3)6-12(11)15/h4-6,9,18H,7-8H2,1-3H3. The zero-order chi connectivity index (χ0) is 14.2. The summed E-state index contributed by atoms with van der Waals surface area (Å²) in [6.45, 7) is 4.29. The second kappa shape index (κ2) is 4.81. The van der Waals surface area contributed by atoms with Crippen molar-refractivity contribution in [2.75, 3.05) is 20.2 Å². The second-order valence-electron chi connectivity index (χ2n) is 5.27. The van der Waals surface area contributed by atoms with E-state index >= 15 is 0 Å². The minimum absolute atomic E-state index is 0.00612. The molecule has 1 amide bonds. The lowest BCUT2D eigenvalue weighted by Gasteiger charge is -2.49. The number of amides is 1. The van der Waals surface area contributed by atoms with Gasteiger partial charge in [-0.25, -0.2) is 4.39 Å². The van der Waals surface area contributed by atoms with Crippen molar-refractivity contribution in [2.45, 2.75) is 19.4 Å². The molecule has 104 valence electrons. The van der Waals surface area contributed by atoms with E-state index < -0.39 is 17.3 Å². The van der Waals surface area contributed by atoms with Crippen molar-refractivity contribution in [1.82, 2.24) is 4.90 Å². The summed E-state index contributed by atoms with van der Waals surface area (Å²) in [6, 6.07) is 4.13. The molecule has 1 aliphatic rings.